The number of carbonyl (C=O) groups is 1. The highest BCUT2D eigenvalue weighted by Gasteiger charge is 2.17. The fourth-order valence-electron chi connectivity index (χ4n) is 1.96. The van der Waals surface area contributed by atoms with Gasteiger partial charge in [-0.1, -0.05) is 30.0 Å². The first-order valence-corrected chi connectivity index (χ1v) is 7.12. The molecule has 0 aliphatic carbocycles. The van der Waals surface area contributed by atoms with Crippen LogP contribution in [0.5, 0.6) is 0 Å². The normalized spacial score (nSPS) is 10.8. The molecule has 102 valence electrons. The number of H-pyrrole nitrogens is 1. The van der Waals surface area contributed by atoms with Gasteiger partial charge in [-0.3, -0.25) is 10.1 Å². The summed E-state index contributed by atoms with van der Waals surface area (Å²) in [4.78, 5) is 20.1. The third-order valence-electron chi connectivity index (χ3n) is 2.87. The molecule has 0 fully saturated rings. The van der Waals surface area contributed by atoms with Crippen LogP contribution in [0, 0.1) is 0 Å². The van der Waals surface area contributed by atoms with Crippen LogP contribution >= 0.6 is 11.5 Å². The molecule has 2 N–H and O–H groups in total. The highest BCUT2D eigenvalue weighted by atomic mass is 32.1. The number of aromatic nitrogens is 4. The maximum Gasteiger partial charge on any atom is 0.271 e. The maximum atomic E-state index is 12.2. The summed E-state index contributed by atoms with van der Waals surface area (Å²) in [6.07, 6.45) is 1.68. The van der Waals surface area contributed by atoms with Crippen molar-refractivity contribution in [3.05, 3.63) is 34.8 Å². The largest absolute Gasteiger partial charge is 0.324 e. The van der Waals surface area contributed by atoms with Crippen molar-refractivity contribution in [1.82, 2.24) is 19.6 Å². The Balaban J connectivity index is 1.83. The summed E-state index contributed by atoms with van der Waals surface area (Å²) in [7, 11) is 0. The van der Waals surface area contributed by atoms with Gasteiger partial charge in [0.15, 0.2) is 0 Å². The van der Waals surface area contributed by atoms with Crippen molar-refractivity contribution in [1.29, 1.82) is 0 Å². The van der Waals surface area contributed by atoms with Gasteiger partial charge in [0.1, 0.15) is 4.88 Å². The number of anilines is 1. The monoisotopic (exact) mass is 287 g/mol. The minimum atomic E-state index is -0.220. The van der Waals surface area contributed by atoms with Crippen molar-refractivity contribution in [3.8, 4) is 0 Å². The molecule has 0 bridgehead atoms. The number of hydrogen-bond acceptors (Lipinski definition) is 5. The van der Waals surface area contributed by atoms with Crippen LogP contribution in [-0.4, -0.2) is 25.5 Å². The molecule has 0 atom stereocenters. The highest BCUT2D eigenvalue weighted by Crippen LogP contribution is 2.17. The molecule has 3 aromatic rings. The number of rotatable bonds is 4. The van der Waals surface area contributed by atoms with E-state index in [4.69, 9.17) is 0 Å². The highest BCUT2D eigenvalue weighted by molar-refractivity contribution is 7.08. The third kappa shape index (κ3) is 2.39. The number of amides is 1. The van der Waals surface area contributed by atoms with Gasteiger partial charge >= 0.3 is 0 Å². The molecule has 7 heteroatoms. The van der Waals surface area contributed by atoms with Gasteiger partial charge in [-0.15, -0.1) is 5.10 Å². The SMILES string of the molecule is CCCc1nnsc1C(=O)Nc1nc2ccccc2[nH]1. The number of carbonyl (C=O) groups excluding carboxylic acids is 1. The van der Waals surface area contributed by atoms with Crippen LogP contribution in [0.1, 0.15) is 28.7 Å². The molecule has 0 aliphatic rings. The van der Waals surface area contributed by atoms with Gasteiger partial charge in [0.25, 0.3) is 5.91 Å². The molecular formula is C13H13N5OS. The van der Waals surface area contributed by atoms with Crippen LogP contribution in [0.2, 0.25) is 0 Å². The van der Waals surface area contributed by atoms with Crippen LogP contribution in [0.3, 0.4) is 0 Å². The quantitative estimate of drug-likeness (QED) is 0.772. The number of nitrogens with one attached hydrogen (secondary N) is 2. The summed E-state index contributed by atoms with van der Waals surface area (Å²) in [5, 5.41) is 6.75. The summed E-state index contributed by atoms with van der Waals surface area (Å²) >= 11 is 1.11. The second-order valence-corrected chi connectivity index (χ2v) is 5.11. The van der Waals surface area contributed by atoms with E-state index in [2.05, 4.69) is 24.9 Å². The number of para-hydroxylation sites is 2. The number of nitrogens with zero attached hydrogens (tertiary/aromatic N) is 3. The Morgan fingerprint density at radius 1 is 1.40 bits per heavy atom. The molecule has 1 aromatic carbocycles. The number of hydrogen-bond donors (Lipinski definition) is 2. The van der Waals surface area contributed by atoms with Crippen molar-refractivity contribution in [2.45, 2.75) is 19.8 Å². The number of aryl methyl sites for hydroxylation is 1. The Kier molecular flexibility index (Phi) is 3.42. The second kappa shape index (κ2) is 5.38. The first-order chi connectivity index (χ1) is 9.78. The topological polar surface area (TPSA) is 83.6 Å². The van der Waals surface area contributed by atoms with E-state index in [1.807, 2.05) is 31.2 Å². The van der Waals surface area contributed by atoms with E-state index in [0.29, 0.717) is 10.8 Å². The van der Waals surface area contributed by atoms with E-state index in [-0.39, 0.29) is 5.91 Å². The van der Waals surface area contributed by atoms with Gasteiger partial charge in [0.05, 0.1) is 16.7 Å². The molecule has 0 saturated heterocycles. The van der Waals surface area contributed by atoms with Crippen LogP contribution in [0.4, 0.5) is 5.95 Å². The lowest BCUT2D eigenvalue weighted by atomic mass is 10.2. The Labute approximate surface area is 119 Å². The van der Waals surface area contributed by atoms with Crippen molar-refractivity contribution in [2.24, 2.45) is 0 Å². The molecule has 1 amide bonds. The zero-order valence-corrected chi connectivity index (χ0v) is 11.7. The molecule has 0 radical (unpaired) electrons. The van der Waals surface area contributed by atoms with Crippen molar-refractivity contribution >= 4 is 34.4 Å². The van der Waals surface area contributed by atoms with Crippen molar-refractivity contribution in [3.63, 3.8) is 0 Å². The summed E-state index contributed by atoms with van der Waals surface area (Å²) in [6.45, 7) is 2.04. The fraction of sp³-hybridized carbons (Fsp3) is 0.231. The van der Waals surface area contributed by atoms with E-state index in [0.717, 1.165) is 41.1 Å². The summed E-state index contributed by atoms with van der Waals surface area (Å²) in [5.41, 5.74) is 2.45. The number of imidazole rings is 1. The summed E-state index contributed by atoms with van der Waals surface area (Å²) in [5.74, 6) is 0.217. The molecule has 6 nitrogen and oxygen atoms in total. The Bertz CT molecular complexity index is 715. The minimum Gasteiger partial charge on any atom is -0.324 e. The average molecular weight is 287 g/mol. The predicted molar refractivity (Wildman–Crippen MR) is 78.0 cm³/mol. The predicted octanol–water partition coefficient (Wildman–Crippen LogP) is 2.62. The van der Waals surface area contributed by atoms with Crippen LogP contribution in [0.25, 0.3) is 11.0 Å². The Morgan fingerprint density at radius 2 is 2.25 bits per heavy atom. The molecule has 0 spiro atoms. The molecule has 0 aliphatic heterocycles. The summed E-state index contributed by atoms with van der Waals surface area (Å²) < 4.78 is 3.85. The lowest BCUT2D eigenvalue weighted by molar-refractivity contribution is 0.102. The second-order valence-electron chi connectivity index (χ2n) is 4.36. The zero-order chi connectivity index (χ0) is 13.9. The van der Waals surface area contributed by atoms with E-state index < -0.39 is 0 Å². The molecular weight excluding hydrogens is 274 g/mol. The smallest absolute Gasteiger partial charge is 0.271 e. The molecule has 2 aromatic heterocycles. The van der Waals surface area contributed by atoms with Crippen molar-refractivity contribution in [2.75, 3.05) is 5.32 Å². The van der Waals surface area contributed by atoms with E-state index in [9.17, 15) is 4.79 Å². The standard InChI is InChI=1S/C13H13N5OS/c1-2-5-10-11(20-18-17-10)12(19)16-13-14-8-6-3-4-7-9(8)15-13/h3-4,6-7H,2,5H2,1H3,(H2,14,15,16,19). The molecule has 0 saturated carbocycles. The first-order valence-electron chi connectivity index (χ1n) is 6.35. The Morgan fingerprint density at radius 3 is 3.05 bits per heavy atom. The number of fused-ring (bicyclic) bond motifs is 1. The first kappa shape index (κ1) is 12.7. The van der Waals surface area contributed by atoms with Gasteiger partial charge in [0, 0.05) is 0 Å². The van der Waals surface area contributed by atoms with Gasteiger partial charge in [-0.25, -0.2) is 4.98 Å². The van der Waals surface area contributed by atoms with Gasteiger partial charge < -0.3 is 4.98 Å². The maximum absolute atomic E-state index is 12.2. The average Bonchev–Trinajstić information content (AvgIpc) is 3.04. The van der Waals surface area contributed by atoms with Gasteiger partial charge in [-0.2, -0.15) is 0 Å². The van der Waals surface area contributed by atoms with Gasteiger partial charge in [0.2, 0.25) is 5.95 Å². The number of aromatic amines is 1. The van der Waals surface area contributed by atoms with Crippen molar-refractivity contribution < 1.29 is 4.79 Å². The van der Waals surface area contributed by atoms with E-state index in [1.165, 1.54) is 0 Å². The van der Waals surface area contributed by atoms with Gasteiger partial charge in [-0.05, 0) is 30.1 Å². The fourth-order valence-corrected chi connectivity index (χ4v) is 2.56. The third-order valence-corrected chi connectivity index (χ3v) is 3.64. The molecule has 0 unspecified atom stereocenters. The zero-order valence-electron chi connectivity index (χ0n) is 10.9. The molecule has 3 rings (SSSR count). The molecule has 2 heterocycles. The van der Waals surface area contributed by atoms with E-state index >= 15 is 0 Å². The van der Waals surface area contributed by atoms with Crippen LogP contribution in [0.15, 0.2) is 24.3 Å². The minimum absolute atomic E-state index is 0.220. The van der Waals surface area contributed by atoms with Crippen LogP contribution in [-0.2, 0) is 6.42 Å². The summed E-state index contributed by atoms with van der Waals surface area (Å²) in [6, 6.07) is 7.62. The number of benzene rings is 1. The lowest BCUT2D eigenvalue weighted by Gasteiger charge is -2.00. The van der Waals surface area contributed by atoms with Crippen LogP contribution < -0.4 is 5.32 Å². The Hall–Kier alpha value is -2.28. The van der Waals surface area contributed by atoms with E-state index in [1.54, 1.807) is 0 Å². The lowest BCUT2D eigenvalue weighted by Crippen LogP contribution is -2.13. The molecule has 20 heavy (non-hydrogen) atoms.